The van der Waals surface area contributed by atoms with Crippen molar-refractivity contribution in [2.24, 2.45) is 5.84 Å². The number of aliphatic hydroxyl groups is 1. The largest absolute Gasteiger partial charge is 0.433 e. The summed E-state index contributed by atoms with van der Waals surface area (Å²) in [7, 11) is 0. The highest BCUT2D eigenvalue weighted by atomic mass is 19.4. The van der Waals surface area contributed by atoms with Crippen LogP contribution >= 0.6 is 0 Å². The quantitative estimate of drug-likeness (QED) is 0.548. The maximum Gasteiger partial charge on any atom is 0.433 e. The van der Waals surface area contributed by atoms with Crippen LogP contribution in [0.15, 0.2) is 6.07 Å². The molecule has 0 radical (unpaired) electrons. The molecule has 2 rings (SSSR count). The lowest BCUT2D eigenvalue weighted by atomic mass is 10.2. The van der Waals surface area contributed by atoms with Gasteiger partial charge in [0, 0.05) is 19.2 Å². The number of nitrogen functional groups attached to an aromatic ring is 1. The molecule has 0 bridgehead atoms. The summed E-state index contributed by atoms with van der Waals surface area (Å²) in [5, 5.41) is 9.16. The van der Waals surface area contributed by atoms with Gasteiger partial charge >= 0.3 is 6.18 Å². The fourth-order valence-electron chi connectivity index (χ4n) is 2.14. The SMILES string of the molecule is CC1CN(c2cc(C(F)(F)F)nc(NN)n2)CC(CO)O1. The first-order valence-electron chi connectivity index (χ1n) is 6.27. The summed E-state index contributed by atoms with van der Waals surface area (Å²) in [6.45, 7) is 2.14. The summed E-state index contributed by atoms with van der Waals surface area (Å²) in [6.07, 6.45) is -5.32. The Bertz CT molecular complexity index is 499. The molecule has 0 spiro atoms. The molecule has 0 aliphatic carbocycles. The number of aromatic nitrogens is 2. The van der Waals surface area contributed by atoms with Gasteiger partial charge in [-0.05, 0) is 6.92 Å². The maximum atomic E-state index is 12.8. The molecule has 0 amide bonds. The zero-order valence-corrected chi connectivity index (χ0v) is 11.3. The fraction of sp³-hybridized carbons (Fsp3) is 0.636. The smallest absolute Gasteiger partial charge is 0.394 e. The number of hydrogen-bond acceptors (Lipinski definition) is 7. The van der Waals surface area contributed by atoms with Gasteiger partial charge in [0.25, 0.3) is 0 Å². The molecule has 2 heterocycles. The van der Waals surface area contributed by atoms with E-state index in [2.05, 4.69) is 9.97 Å². The average Bonchev–Trinajstić information content (AvgIpc) is 2.45. The van der Waals surface area contributed by atoms with E-state index >= 15 is 0 Å². The Kier molecular flexibility index (Phi) is 4.49. The molecule has 118 valence electrons. The van der Waals surface area contributed by atoms with E-state index in [1.54, 1.807) is 11.8 Å². The molecule has 0 saturated carbocycles. The van der Waals surface area contributed by atoms with Crippen molar-refractivity contribution in [3.8, 4) is 0 Å². The number of morpholine rings is 1. The number of nitrogens with zero attached hydrogens (tertiary/aromatic N) is 3. The van der Waals surface area contributed by atoms with Crippen LogP contribution in [0.5, 0.6) is 0 Å². The number of halogens is 3. The second-order valence-corrected chi connectivity index (χ2v) is 4.73. The molecule has 1 fully saturated rings. The Morgan fingerprint density at radius 2 is 2.19 bits per heavy atom. The van der Waals surface area contributed by atoms with Crippen molar-refractivity contribution in [3.63, 3.8) is 0 Å². The zero-order chi connectivity index (χ0) is 15.6. The predicted molar refractivity (Wildman–Crippen MR) is 68.5 cm³/mol. The van der Waals surface area contributed by atoms with Crippen molar-refractivity contribution in [2.75, 3.05) is 30.0 Å². The van der Waals surface area contributed by atoms with Gasteiger partial charge in [-0.25, -0.2) is 10.8 Å². The number of ether oxygens (including phenoxy) is 1. The second kappa shape index (κ2) is 6.00. The third kappa shape index (κ3) is 3.71. The van der Waals surface area contributed by atoms with Gasteiger partial charge < -0.3 is 14.7 Å². The number of aliphatic hydroxyl groups excluding tert-OH is 1. The lowest BCUT2D eigenvalue weighted by Gasteiger charge is -2.36. The molecule has 10 heteroatoms. The van der Waals surface area contributed by atoms with E-state index in [4.69, 9.17) is 15.7 Å². The van der Waals surface area contributed by atoms with Crippen LogP contribution in [0.3, 0.4) is 0 Å². The van der Waals surface area contributed by atoms with Gasteiger partial charge in [-0.1, -0.05) is 0 Å². The third-order valence-corrected chi connectivity index (χ3v) is 2.99. The summed E-state index contributed by atoms with van der Waals surface area (Å²) >= 11 is 0. The first-order valence-corrected chi connectivity index (χ1v) is 6.27. The molecular formula is C11H16F3N5O2. The predicted octanol–water partition coefficient (Wildman–Crippen LogP) is 0.367. The normalized spacial score (nSPS) is 23.2. The van der Waals surface area contributed by atoms with Gasteiger partial charge in [0.15, 0.2) is 5.69 Å². The van der Waals surface area contributed by atoms with E-state index in [1.165, 1.54) is 0 Å². The van der Waals surface area contributed by atoms with E-state index in [0.29, 0.717) is 6.54 Å². The number of nitrogens with one attached hydrogen (secondary N) is 1. The van der Waals surface area contributed by atoms with E-state index in [9.17, 15) is 13.2 Å². The minimum absolute atomic E-state index is 0.0823. The minimum Gasteiger partial charge on any atom is -0.394 e. The molecule has 4 N–H and O–H groups in total. The average molecular weight is 307 g/mol. The number of anilines is 2. The molecule has 1 aromatic rings. The highest BCUT2D eigenvalue weighted by Gasteiger charge is 2.35. The van der Waals surface area contributed by atoms with Crippen molar-refractivity contribution < 1.29 is 23.0 Å². The molecule has 1 saturated heterocycles. The molecule has 1 aliphatic heterocycles. The first-order chi connectivity index (χ1) is 9.83. The highest BCUT2D eigenvalue weighted by Crippen LogP contribution is 2.31. The third-order valence-electron chi connectivity index (χ3n) is 2.99. The van der Waals surface area contributed by atoms with E-state index < -0.39 is 18.0 Å². The zero-order valence-electron chi connectivity index (χ0n) is 11.3. The highest BCUT2D eigenvalue weighted by molar-refractivity contribution is 5.46. The van der Waals surface area contributed by atoms with Crippen LogP contribution < -0.4 is 16.2 Å². The van der Waals surface area contributed by atoms with Gasteiger partial charge in [0.05, 0.1) is 18.8 Å². The molecule has 2 unspecified atom stereocenters. The Morgan fingerprint density at radius 1 is 1.48 bits per heavy atom. The van der Waals surface area contributed by atoms with Gasteiger partial charge in [-0.2, -0.15) is 18.2 Å². The van der Waals surface area contributed by atoms with Crippen molar-refractivity contribution in [3.05, 3.63) is 11.8 Å². The lowest BCUT2D eigenvalue weighted by Crippen LogP contribution is -2.48. The van der Waals surface area contributed by atoms with E-state index in [0.717, 1.165) is 6.07 Å². The van der Waals surface area contributed by atoms with Crippen LogP contribution in [0.1, 0.15) is 12.6 Å². The van der Waals surface area contributed by atoms with Gasteiger partial charge in [0.1, 0.15) is 5.82 Å². The second-order valence-electron chi connectivity index (χ2n) is 4.73. The summed E-state index contributed by atoms with van der Waals surface area (Å²) in [5.41, 5.74) is 0.943. The summed E-state index contributed by atoms with van der Waals surface area (Å²) in [4.78, 5) is 8.83. The molecule has 1 aliphatic rings. The van der Waals surface area contributed by atoms with Crippen LogP contribution in [-0.2, 0) is 10.9 Å². The Morgan fingerprint density at radius 3 is 2.76 bits per heavy atom. The van der Waals surface area contributed by atoms with Crippen LogP contribution in [0.4, 0.5) is 24.9 Å². The molecule has 21 heavy (non-hydrogen) atoms. The van der Waals surface area contributed by atoms with Crippen molar-refractivity contribution in [1.82, 2.24) is 9.97 Å². The summed E-state index contributed by atoms with van der Waals surface area (Å²) in [6, 6.07) is 0.854. The fourth-order valence-corrected chi connectivity index (χ4v) is 2.14. The van der Waals surface area contributed by atoms with Crippen LogP contribution in [-0.4, -0.2) is 47.0 Å². The van der Waals surface area contributed by atoms with E-state index in [-0.39, 0.29) is 31.0 Å². The van der Waals surface area contributed by atoms with Crippen LogP contribution in [0.25, 0.3) is 0 Å². The number of hydrogen-bond donors (Lipinski definition) is 3. The van der Waals surface area contributed by atoms with Gasteiger partial charge in [-0.15, -0.1) is 0 Å². The first kappa shape index (κ1) is 15.7. The Labute approximate surface area is 118 Å². The van der Waals surface area contributed by atoms with Gasteiger partial charge in [-0.3, -0.25) is 5.43 Å². The summed E-state index contributed by atoms with van der Waals surface area (Å²) in [5.74, 6) is 4.88. The minimum atomic E-state index is -4.60. The number of rotatable bonds is 3. The Balaban J connectivity index is 2.33. The van der Waals surface area contributed by atoms with Crippen molar-refractivity contribution in [1.29, 1.82) is 0 Å². The lowest BCUT2D eigenvalue weighted by molar-refractivity contribution is -0.141. The molecule has 1 aromatic heterocycles. The van der Waals surface area contributed by atoms with Crippen LogP contribution in [0.2, 0.25) is 0 Å². The standard InChI is InChI=1S/C11H16F3N5O2/c1-6-3-19(4-7(5-20)21-6)9-2-8(11(12,13)14)16-10(17-9)18-15/h2,6-7,20H,3-5,15H2,1H3,(H,16,17,18). The van der Waals surface area contributed by atoms with Crippen LogP contribution in [0, 0.1) is 0 Å². The molecule has 7 nitrogen and oxygen atoms in total. The molecule has 2 atom stereocenters. The molecular weight excluding hydrogens is 291 g/mol. The Hall–Kier alpha value is -1.65. The maximum absolute atomic E-state index is 12.8. The molecule has 0 aromatic carbocycles. The number of hydrazine groups is 1. The van der Waals surface area contributed by atoms with Gasteiger partial charge in [0.2, 0.25) is 5.95 Å². The van der Waals surface area contributed by atoms with Crippen molar-refractivity contribution in [2.45, 2.75) is 25.3 Å². The number of nitrogens with two attached hydrogens (primary N) is 1. The van der Waals surface area contributed by atoms with E-state index in [1.807, 2.05) is 5.43 Å². The number of alkyl halides is 3. The summed E-state index contributed by atoms with van der Waals surface area (Å²) < 4.78 is 43.9. The van der Waals surface area contributed by atoms with Crippen molar-refractivity contribution >= 4 is 11.8 Å². The topological polar surface area (TPSA) is 96.5 Å². The monoisotopic (exact) mass is 307 g/mol.